The Bertz CT molecular complexity index is 164. The first-order valence-corrected chi connectivity index (χ1v) is 4.18. The molecule has 1 heteroatoms. The van der Waals surface area contributed by atoms with Crippen molar-refractivity contribution >= 4 is 6.21 Å². The molecule has 0 atom stereocenters. The summed E-state index contributed by atoms with van der Waals surface area (Å²) in [7, 11) is 0. The lowest BCUT2D eigenvalue weighted by Gasteiger charge is -1.92. The van der Waals surface area contributed by atoms with Gasteiger partial charge in [-0.25, -0.2) is 0 Å². The Hall–Kier alpha value is -0.850. The Morgan fingerprint density at radius 2 is 2.09 bits per heavy atom. The zero-order valence-corrected chi connectivity index (χ0v) is 7.67. The average Bonchev–Trinajstić information content (AvgIpc) is 2.03. The molecule has 1 nitrogen and oxygen atoms in total. The summed E-state index contributed by atoms with van der Waals surface area (Å²) in [5, 5.41) is 0. The Labute approximate surface area is 69.5 Å². The van der Waals surface area contributed by atoms with Crippen LogP contribution in [0.4, 0.5) is 0 Å². The maximum Gasteiger partial charge on any atom is 0.0296 e. The van der Waals surface area contributed by atoms with Gasteiger partial charge in [0.15, 0.2) is 0 Å². The molecular formula is C10H17N. The van der Waals surface area contributed by atoms with Crippen LogP contribution in [0.3, 0.4) is 0 Å². The average molecular weight is 151 g/mol. The van der Waals surface area contributed by atoms with Gasteiger partial charge in [-0.15, -0.1) is 0 Å². The van der Waals surface area contributed by atoms with Gasteiger partial charge >= 0.3 is 0 Å². The van der Waals surface area contributed by atoms with Gasteiger partial charge in [0.2, 0.25) is 0 Å². The van der Waals surface area contributed by atoms with Gasteiger partial charge < -0.3 is 0 Å². The third kappa shape index (κ3) is 5.59. The van der Waals surface area contributed by atoms with Crippen LogP contribution in [-0.2, 0) is 0 Å². The number of nitrogens with zero attached hydrogens (tertiary/aromatic N) is 1. The van der Waals surface area contributed by atoms with Crippen LogP contribution in [0.15, 0.2) is 28.9 Å². The molecule has 62 valence electrons. The number of rotatable bonds is 4. The van der Waals surface area contributed by atoms with Crippen molar-refractivity contribution in [2.45, 2.75) is 33.6 Å². The molecule has 0 aromatic heterocycles. The van der Waals surface area contributed by atoms with Gasteiger partial charge in [0.25, 0.3) is 0 Å². The normalized spacial score (nSPS) is 13.5. The minimum absolute atomic E-state index is 1.06. The number of hydrogen-bond donors (Lipinski definition) is 0. The van der Waals surface area contributed by atoms with Crippen LogP contribution in [0.2, 0.25) is 0 Å². The van der Waals surface area contributed by atoms with Crippen molar-refractivity contribution in [1.29, 1.82) is 0 Å². The first kappa shape index (κ1) is 10.2. The van der Waals surface area contributed by atoms with Crippen LogP contribution in [0, 0.1) is 0 Å². The predicted molar refractivity (Wildman–Crippen MR) is 52.0 cm³/mol. The van der Waals surface area contributed by atoms with E-state index in [2.05, 4.69) is 24.9 Å². The van der Waals surface area contributed by atoms with Gasteiger partial charge in [0.1, 0.15) is 0 Å². The lowest BCUT2D eigenvalue weighted by atomic mass is 10.2. The summed E-state index contributed by atoms with van der Waals surface area (Å²) in [5.41, 5.74) is 1.31. The minimum atomic E-state index is 1.06. The van der Waals surface area contributed by atoms with Crippen LogP contribution < -0.4 is 0 Å². The number of hydrogen-bond acceptors (Lipinski definition) is 1. The molecule has 0 heterocycles. The zero-order valence-electron chi connectivity index (χ0n) is 7.67. The van der Waals surface area contributed by atoms with Crippen LogP contribution in [0.1, 0.15) is 33.6 Å². The summed E-state index contributed by atoms with van der Waals surface area (Å²) >= 11 is 0. The fourth-order valence-electron chi connectivity index (χ4n) is 0.775. The summed E-state index contributed by atoms with van der Waals surface area (Å²) in [4.78, 5) is 4.11. The van der Waals surface area contributed by atoms with Gasteiger partial charge in [-0.2, -0.15) is 0 Å². The van der Waals surface area contributed by atoms with Crippen molar-refractivity contribution < 1.29 is 0 Å². The van der Waals surface area contributed by atoms with E-state index in [-0.39, 0.29) is 0 Å². The van der Waals surface area contributed by atoms with E-state index in [1.165, 1.54) is 5.57 Å². The second-order valence-electron chi connectivity index (χ2n) is 2.30. The van der Waals surface area contributed by atoms with Crippen LogP contribution in [0.5, 0.6) is 0 Å². The van der Waals surface area contributed by atoms with Gasteiger partial charge in [-0.05, 0) is 25.3 Å². The highest BCUT2D eigenvalue weighted by molar-refractivity contribution is 5.78. The summed E-state index contributed by atoms with van der Waals surface area (Å²) in [6.45, 7) is 6.24. The monoisotopic (exact) mass is 151 g/mol. The van der Waals surface area contributed by atoms with Gasteiger partial charge in [0.05, 0.1) is 0 Å². The molecule has 0 aromatic carbocycles. The summed E-state index contributed by atoms with van der Waals surface area (Å²) in [6.07, 6.45) is 10.0. The Kier molecular flexibility index (Phi) is 6.70. The Morgan fingerprint density at radius 1 is 1.36 bits per heavy atom. The van der Waals surface area contributed by atoms with E-state index in [4.69, 9.17) is 0 Å². The van der Waals surface area contributed by atoms with Crippen molar-refractivity contribution in [3.63, 3.8) is 0 Å². The van der Waals surface area contributed by atoms with E-state index in [0.717, 1.165) is 12.8 Å². The predicted octanol–water partition coefficient (Wildman–Crippen LogP) is 3.34. The SMILES string of the molecule is C\C=C/N=C/C(=C/CC)CC. The van der Waals surface area contributed by atoms with E-state index >= 15 is 0 Å². The van der Waals surface area contributed by atoms with E-state index in [1.54, 1.807) is 6.20 Å². The second kappa shape index (κ2) is 7.26. The van der Waals surface area contributed by atoms with E-state index < -0.39 is 0 Å². The fourth-order valence-corrected chi connectivity index (χ4v) is 0.775. The van der Waals surface area contributed by atoms with E-state index in [1.807, 2.05) is 19.2 Å². The van der Waals surface area contributed by atoms with Crippen molar-refractivity contribution in [2.24, 2.45) is 4.99 Å². The van der Waals surface area contributed by atoms with Crippen molar-refractivity contribution in [2.75, 3.05) is 0 Å². The van der Waals surface area contributed by atoms with E-state index in [0.29, 0.717) is 0 Å². The topological polar surface area (TPSA) is 12.4 Å². The lowest BCUT2D eigenvalue weighted by Crippen LogP contribution is -1.80. The first-order chi connectivity index (χ1) is 5.35. The highest BCUT2D eigenvalue weighted by Crippen LogP contribution is 1.98. The molecule has 0 fully saturated rings. The molecular weight excluding hydrogens is 134 g/mol. The molecule has 0 aliphatic rings. The van der Waals surface area contributed by atoms with Crippen molar-refractivity contribution in [1.82, 2.24) is 0 Å². The quantitative estimate of drug-likeness (QED) is 0.546. The van der Waals surface area contributed by atoms with Crippen LogP contribution in [0.25, 0.3) is 0 Å². The number of allylic oxidation sites excluding steroid dienone is 3. The van der Waals surface area contributed by atoms with E-state index in [9.17, 15) is 0 Å². The molecule has 0 aromatic rings. The molecule has 0 amide bonds. The molecule has 0 unspecified atom stereocenters. The zero-order chi connectivity index (χ0) is 8.53. The van der Waals surface area contributed by atoms with Gasteiger partial charge in [-0.3, -0.25) is 4.99 Å². The molecule has 0 spiro atoms. The van der Waals surface area contributed by atoms with Crippen molar-refractivity contribution in [3.8, 4) is 0 Å². The second-order valence-corrected chi connectivity index (χ2v) is 2.30. The fraction of sp³-hybridized carbons (Fsp3) is 0.500. The smallest absolute Gasteiger partial charge is 0.0296 e. The maximum absolute atomic E-state index is 4.11. The molecule has 0 aliphatic heterocycles. The van der Waals surface area contributed by atoms with Gasteiger partial charge in [0, 0.05) is 12.4 Å². The summed E-state index contributed by atoms with van der Waals surface area (Å²) < 4.78 is 0. The molecule has 0 saturated carbocycles. The highest BCUT2D eigenvalue weighted by Gasteiger charge is 1.84. The molecule has 0 bridgehead atoms. The largest absolute Gasteiger partial charge is 0.265 e. The molecule has 0 saturated heterocycles. The highest BCUT2D eigenvalue weighted by atomic mass is 14.7. The lowest BCUT2D eigenvalue weighted by molar-refractivity contribution is 1.12. The summed E-state index contributed by atoms with van der Waals surface area (Å²) in [6, 6.07) is 0. The van der Waals surface area contributed by atoms with Crippen LogP contribution in [-0.4, -0.2) is 6.21 Å². The molecule has 0 radical (unpaired) electrons. The van der Waals surface area contributed by atoms with Gasteiger partial charge in [-0.1, -0.05) is 26.0 Å². The molecule has 0 N–H and O–H groups in total. The van der Waals surface area contributed by atoms with Crippen molar-refractivity contribution in [3.05, 3.63) is 23.9 Å². The molecule has 11 heavy (non-hydrogen) atoms. The maximum atomic E-state index is 4.11. The third-order valence-corrected chi connectivity index (χ3v) is 1.35. The Morgan fingerprint density at radius 3 is 2.55 bits per heavy atom. The standard InChI is InChI=1S/C10H17N/c1-4-7-10(6-3)9-11-8-5-2/h5,7-9H,4,6H2,1-3H3/b8-5-,10-7+,11-9+. The molecule has 0 aliphatic carbocycles. The first-order valence-electron chi connectivity index (χ1n) is 4.18. The minimum Gasteiger partial charge on any atom is -0.265 e. The Balaban J connectivity index is 3.96. The third-order valence-electron chi connectivity index (χ3n) is 1.35. The summed E-state index contributed by atoms with van der Waals surface area (Å²) in [5.74, 6) is 0. The molecule has 0 rings (SSSR count). The number of aliphatic imine (C=N–C) groups is 1. The van der Waals surface area contributed by atoms with Crippen LogP contribution >= 0.6 is 0 Å².